The number of nitrogens with zero attached hydrogens (tertiary/aromatic N) is 3. The molecular weight excluding hydrogens is 636 g/mol. The van der Waals surface area contributed by atoms with Crippen LogP contribution >= 0.6 is 43.5 Å². The highest BCUT2D eigenvalue weighted by Crippen LogP contribution is 2.32. The lowest BCUT2D eigenvalue weighted by atomic mass is 10.1. The number of aryl methyl sites for hydroxylation is 1. The lowest BCUT2D eigenvalue weighted by Gasteiger charge is -2.15. The minimum Gasteiger partial charge on any atom is -0.482 e. The number of anilines is 1. The van der Waals surface area contributed by atoms with Crippen molar-refractivity contribution in [1.29, 1.82) is 0 Å². The first-order valence-electron chi connectivity index (χ1n) is 11.9. The van der Waals surface area contributed by atoms with Crippen molar-refractivity contribution in [3.05, 3.63) is 95.9 Å². The Kier molecular flexibility index (Phi) is 9.02. The third kappa shape index (κ3) is 6.51. The fourth-order valence-electron chi connectivity index (χ4n) is 3.70. The molecule has 0 aliphatic carbocycles. The van der Waals surface area contributed by atoms with Gasteiger partial charge in [-0.25, -0.2) is 4.98 Å². The Morgan fingerprint density at radius 1 is 1.18 bits per heavy atom. The van der Waals surface area contributed by atoms with Crippen LogP contribution in [0.4, 0.5) is 5.69 Å². The Morgan fingerprint density at radius 2 is 1.92 bits per heavy atom. The second-order valence-corrected chi connectivity index (χ2v) is 11.0. The third-order valence-corrected chi connectivity index (χ3v) is 7.22. The number of hydrogen-bond acceptors (Lipinski definition) is 5. The fraction of sp³-hybridized carbons (Fsp3) is 0.214. The highest BCUT2D eigenvalue weighted by atomic mass is 79.9. The van der Waals surface area contributed by atoms with E-state index in [0.29, 0.717) is 43.2 Å². The van der Waals surface area contributed by atoms with E-state index in [9.17, 15) is 9.59 Å². The zero-order valence-corrected chi connectivity index (χ0v) is 24.9. The molecule has 1 aromatic heterocycles. The molecule has 0 radical (unpaired) electrons. The van der Waals surface area contributed by atoms with Gasteiger partial charge < -0.3 is 10.1 Å². The molecule has 1 N–H and O–H groups in total. The van der Waals surface area contributed by atoms with Gasteiger partial charge in [-0.15, -0.1) is 0 Å². The first kappa shape index (κ1) is 28.0. The summed E-state index contributed by atoms with van der Waals surface area (Å²) >= 11 is 13.2. The average molecular weight is 661 g/mol. The normalized spacial score (nSPS) is 12.2. The van der Waals surface area contributed by atoms with E-state index in [-0.39, 0.29) is 24.0 Å². The summed E-state index contributed by atoms with van der Waals surface area (Å²) in [4.78, 5) is 30.7. The number of aromatic nitrogens is 2. The maximum Gasteiger partial charge on any atom is 0.282 e. The van der Waals surface area contributed by atoms with Crippen molar-refractivity contribution in [2.75, 3.05) is 11.9 Å². The predicted molar refractivity (Wildman–Crippen MR) is 160 cm³/mol. The van der Waals surface area contributed by atoms with E-state index in [0.717, 1.165) is 16.5 Å². The van der Waals surface area contributed by atoms with Crippen molar-refractivity contribution >= 4 is 72.2 Å². The van der Waals surface area contributed by atoms with Gasteiger partial charge in [0.2, 0.25) is 0 Å². The number of carbonyl (C=O) groups excluding carboxylic acids is 1. The highest BCUT2D eigenvalue weighted by molar-refractivity contribution is 9.10. The van der Waals surface area contributed by atoms with E-state index in [4.69, 9.17) is 21.3 Å². The van der Waals surface area contributed by atoms with Crippen LogP contribution in [0.25, 0.3) is 10.9 Å². The van der Waals surface area contributed by atoms with E-state index in [2.05, 4.69) is 42.3 Å². The van der Waals surface area contributed by atoms with Crippen molar-refractivity contribution in [3.63, 3.8) is 0 Å². The molecule has 1 amide bonds. The molecule has 0 saturated heterocycles. The zero-order chi connectivity index (χ0) is 27.4. The summed E-state index contributed by atoms with van der Waals surface area (Å²) in [6, 6.07) is 16.2. The van der Waals surface area contributed by atoms with Crippen molar-refractivity contribution in [1.82, 2.24) is 9.66 Å². The molecular formula is C28H25Br2ClN4O3. The first-order chi connectivity index (χ1) is 18.2. The maximum atomic E-state index is 13.4. The van der Waals surface area contributed by atoms with Crippen LogP contribution in [-0.4, -0.2) is 28.4 Å². The molecule has 0 unspecified atom stereocenters. The van der Waals surface area contributed by atoms with E-state index in [1.165, 1.54) is 10.9 Å². The Labute approximate surface area is 242 Å². The minimum atomic E-state index is -0.321. The summed E-state index contributed by atoms with van der Waals surface area (Å²) in [5, 5.41) is 8.20. The Hall–Kier alpha value is -3.01. The van der Waals surface area contributed by atoms with Crippen molar-refractivity contribution in [2.45, 2.75) is 33.1 Å². The summed E-state index contributed by atoms with van der Waals surface area (Å²) < 4.78 is 8.50. The second kappa shape index (κ2) is 12.2. The molecule has 0 aliphatic heterocycles. The van der Waals surface area contributed by atoms with Gasteiger partial charge >= 0.3 is 0 Å². The van der Waals surface area contributed by atoms with Crippen LogP contribution in [0.5, 0.6) is 5.75 Å². The van der Waals surface area contributed by atoms with Gasteiger partial charge in [0.25, 0.3) is 11.5 Å². The van der Waals surface area contributed by atoms with Crippen LogP contribution in [-0.2, 0) is 4.79 Å². The Morgan fingerprint density at radius 3 is 2.63 bits per heavy atom. The molecule has 10 heteroatoms. The monoisotopic (exact) mass is 658 g/mol. The Bertz CT molecular complexity index is 1590. The first-order valence-corrected chi connectivity index (χ1v) is 13.9. The SMILES string of the molecule is CC[C@H](C)c1nc2ccc(Br)cc2c(=O)n1N=Cc1cc(Cl)cc(Br)c1OCC(=O)Nc1ccc(C)cc1. The number of nitrogens with one attached hydrogen (secondary N) is 1. The van der Waals surface area contributed by atoms with Gasteiger partial charge in [-0.1, -0.05) is 59.1 Å². The van der Waals surface area contributed by atoms with Crippen LogP contribution < -0.4 is 15.6 Å². The topological polar surface area (TPSA) is 85.6 Å². The van der Waals surface area contributed by atoms with Gasteiger partial charge in [-0.2, -0.15) is 9.78 Å². The number of benzene rings is 3. The highest BCUT2D eigenvalue weighted by Gasteiger charge is 2.17. The number of halogens is 3. The van der Waals surface area contributed by atoms with Gasteiger partial charge in [0.15, 0.2) is 6.61 Å². The second-order valence-electron chi connectivity index (χ2n) is 8.81. The zero-order valence-electron chi connectivity index (χ0n) is 21.0. The minimum absolute atomic E-state index is 0.0137. The molecule has 0 spiro atoms. The summed E-state index contributed by atoms with van der Waals surface area (Å²) in [5.41, 5.74) is 2.58. The molecule has 4 rings (SSSR count). The van der Waals surface area contributed by atoms with Gasteiger partial charge in [0.05, 0.1) is 21.6 Å². The molecule has 0 bridgehead atoms. The van der Waals surface area contributed by atoms with E-state index >= 15 is 0 Å². The fourth-order valence-corrected chi connectivity index (χ4v) is 5.01. The molecule has 7 nitrogen and oxygen atoms in total. The van der Waals surface area contributed by atoms with Gasteiger partial charge in [0, 0.05) is 26.7 Å². The summed E-state index contributed by atoms with van der Waals surface area (Å²) in [6.45, 7) is 5.76. The molecule has 0 fully saturated rings. The number of carbonyl (C=O) groups is 1. The molecule has 0 aliphatic rings. The van der Waals surface area contributed by atoms with Crippen LogP contribution in [0.2, 0.25) is 5.02 Å². The molecule has 38 heavy (non-hydrogen) atoms. The lowest BCUT2D eigenvalue weighted by molar-refractivity contribution is -0.118. The van der Waals surface area contributed by atoms with E-state index in [1.807, 2.05) is 57.2 Å². The maximum absolute atomic E-state index is 13.4. The smallest absolute Gasteiger partial charge is 0.282 e. The quantitative estimate of drug-likeness (QED) is 0.201. The number of ether oxygens (including phenoxy) is 1. The molecule has 196 valence electrons. The molecule has 3 aromatic carbocycles. The van der Waals surface area contributed by atoms with Gasteiger partial charge in [-0.05, 0) is 71.7 Å². The lowest BCUT2D eigenvalue weighted by Crippen LogP contribution is -2.24. The van der Waals surface area contributed by atoms with E-state index in [1.54, 1.807) is 18.2 Å². The van der Waals surface area contributed by atoms with E-state index < -0.39 is 0 Å². The standard InChI is InChI=1S/C28H25Br2ClN4O3/c1-4-17(3)27-34-24-10-7-19(29)12-22(24)28(37)35(27)32-14-18-11-20(31)13-23(30)26(18)38-15-25(36)33-21-8-5-16(2)6-9-21/h5-14,17H,4,15H2,1-3H3,(H,33,36)/t17-/m0/s1. The number of fused-ring (bicyclic) bond motifs is 1. The summed E-state index contributed by atoms with van der Waals surface area (Å²) in [5.74, 6) is 0.579. The summed E-state index contributed by atoms with van der Waals surface area (Å²) in [7, 11) is 0. The third-order valence-electron chi connectivity index (χ3n) is 5.92. The molecule has 0 saturated carbocycles. The molecule has 1 heterocycles. The molecule has 1 atom stereocenters. The predicted octanol–water partition coefficient (Wildman–Crippen LogP) is 7.30. The van der Waals surface area contributed by atoms with Crippen LogP contribution in [0.15, 0.2) is 73.4 Å². The van der Waals surface area contributed by atoms with Crippen molar-refractivity contribution < 1.29 is 9.53 Å². The largest absolute Gasteiger partial charge is 0.482 e. The van der Waals surface area contributed by atoms with Crippen LogP contribution in [0.3, 0.4) is 0 Å². The number of amides is 1. The molecule has 4 aromatic rings. The average Bonchev–Trinajstić information content (AvgIpc) is 2.88. The van der Waals surface area contributed by atoms with Crippen molar-refractivity contribution in [2.24, 2.45) is 5.10 Å². The number of hydrogen-bond donors (Lipinski definition) is 1. The summed E-state index contributed by atoms with van der Waals surface area (Å²) in [6.07, 6.45) is 2.26. The Balaban J connectivity index is 1.67. The van der Waals surface area contributed by atoms with Crippen LogP contribution in [0, 0.1) is 6.92 Å². The van der Waals surface area contributed by atoms with Crippen LogP contribution in [0.1, 0.15) is 43.1 Å². The van der Waals surface area contributed by atoms with Gasteiger partial charge in [-0.3, -0.25) is 9.59 Å². The van der Waals surface area contributed by atoms with Gasteiger partial charge in [0.1, 0.15) is 11.6 Å². The number of rotatable bonds is 8. The van der Waals surface area contributed by atoms with Crippen molar-refractivity contribution in [3.8, 4) is 5.75 Å².